The smallest absolute Gasteiger partial charge is 0.339 e. The summed E-state index contributed by atoms with van der Waals surface area (Å²) in [5, 5.41) is 3.10. The topological polar surface area (TPSA) is 67.9 Å². The van der Waals surface area contributed by atoms with Gasteiger partial charge in [-0.25, -0.2) is 4.79 Å². The lowest BCUT2D eigenvalue weighted by Gasteiger charge is -2.32. The van der Waals surface area contributed by atoms with E-state index in [9.17, 15) is 9.59 Å². The van der Waals surface area contributed by atoms with Gasteiger partial charge in [-0.05, 0) is 17.2 Å². The Morgan fingerprint density at radius 3 is 2.57 bits per heavy atom. The van der Waals surface area contributed by atoms with Crippen molar-refractivity contribution >= 4 is 11.9 Å². The summed E-state index contributed by atoms with van der Waals surface area (Å²) >= 11 is 0. The minimum Gasteiger partial charge on any atom is -0.448 e. The minimum absolute atomic E-state index is 0.178. The van der Waals surface area contributed by atoms with E-state index in [1.165, 1.54) is 0 Å². The Hall–Kier alpha value is -2.70. The second kappa shape index (κ2) is 8.54. The molecule has 0 aromatic heterocycles. The Bertz CT molecular complexity index is 833. The third-order valence-electron chi connectivity index (χ3n) is 5.25. The van der Waals surface area contributed by atoms with Gasteiger partial charge in [0.05, 0.1) is 24.8 Å². The maximum absolute atomic E-state index is 12.9. The summed E-state index contributed by atoms with van der Waals surface area (Å²) in [5.41, 5.74) is 2.42. The number of morpholine rings is 1. The molecule has 2 aliphatic heterocycles. The normalized spacial score (nSPS) is 20.7. The molecule has 6 heteroatoms. The van der Waals surface area contributed by atoms with Crippen molar-refractivity contribution < 1.29 is 19.1 Å². The Morgan fingerprint density at radius 2 is 1.79 bits per heavy atom. The number of rotatable bonds is 5. The number of cyclic esters (lactones) is 1. The van der Waals surface area contributed by atoms with E-state index in [2.05, 4.69) is 10.2 Å². The molecule has 1 amide bonds. The number of hydrogen-bond acceptors (Lipinski definition) is 5. The number of benzene rings is 2. The summed E-state index contributed by atoms with van der Waals surface area (Å²) in [4.78, 5) is 27.5. The molecule has 28 heavy (non-hydrogen) atoms. The highest BCUT2D eigenvalue weighted by Crippen LogP contribution is 2.22. The lowest BCUT2D eigenvalue weighted by Crippen LogP contribution is -2.47. The summed E-state index contributed by atoms with van der Waals surface area (Å²) < 4.78 is 10.8. The Kier molecular flexibility index (Phi) is 5.69. The van der Waals surface area contributed by atoms with Crippen LogP contribution < -0.4 is 5.32 Å². The fraction of sp³-hybridized carbons (Fsp3) is 0.364. The first kappa shape index (κ1) is 18.7. The van der Waals surface area contributed by atoms with E-state index in [1.807, 2.05) is 42.5 Å². The van der Waals surface area contributed by atoms with Gasteiger partial charge in [0.15, 0.2) is 6.10 Å². The molecular weight excluding hydrogens is 356 g/mol. The highest BCUT2D eigenvalue weighted by atomic mass is 16.5. The van der Waals surface area contributed by atoms with Gasteiger partial charge in [0, 0.05) is 26.1 Å². The van der Waals surface area contributed by atoms with Gasteiger partial charge >= 0.3 is 5.97 Å². The summed E-state index contributed by atoms with van der Waals surface area (Å²) in [5.74, 6) is -0.698. The van der Waals surface area contributed by atoms with Gasteiger partial charge in [0.1, 0.15) is 0 Å². The fourth-order valence-electron chi connectivity index (χ4n) is 3.70. The van der Waals surface area contributed by atoms with Gasteiger partial charge in [0.2, 0.25) is 0 Å². The second-order valence-electron chi connectivity index (χ2n) is 7.14. The highest BCUT2D eigenvalue weighted by Gasteiger charge is 2.32. The number of hydrogen-bond donors (Lipinski definition) is 1. The van der Waals surface area contributed by atoms with Gasteiger partial charge in [-0.2, -0.15) is 0 Å². The van der Waals surface area contributed by atoms with Gasteiger partial charge < -0.3 is 14.8 Å². The molecule has 6 nitrogen and oxygen atoms in total. The van der Waals surface area contributed by atoms with Crippen LogP contribution in [0.4, 0.5) is 0 Å². The van der Waals surface area contributed by atoms with E-state index in [-0.39, 0.29) is 11.9 Å². The number of fused-ring (bicyclic) bond motifs is 1. The van der Waals surface area contributed by atoms with E-state index in [4.69, 9.17) is 9.47 Å². The zero-order valence-electron chi connectivity index (χ0n) is 15.7. The average molecular weight is 380 g/mol. The predicted octanol–water partition coefficient (Wildman–Crippen LogP) is 1.96. The van der Waals surface area contributed by atoms with Crippen LogP contribution in [0.5, 0.6) is 0 Å². The molecule has 0 spiro atoms. The van der Waals surface area contributed by atoms with E-state index >= 15 is 0 Å². The van der Waals surface area contributed by atoms with Crippen LogP contribution in [0, 0.1) is 0 Å². The molecule has 1 N–H and O–H groups in total. The fourth-order valence-corrected chi connectivity index (χ4v) is 3.70. The van der Waals surface area contributed by atoms with Crippen LogP contribution >= 0.6 is 0 Å². The molecule has 1 saturated heterocycles. The monoisotopic (exact) mass is 380 g/mol. The molecule has 0 bridgehead atoms. The Balaban J connectivity index is 1.48. The number of carbonyl (C=O) groups is 2. The molecule has 2 aromatic rings. The molecule has 2 heterocycles. The largest absolute Gasteiger partial charge is 0.448 e. The summed E-state index contributed by atoms with van der Waals surface area (Å²) in [6, 6.07) is 17.0. The second-order valence-corrected chi connectivity index (χ2v) is 7.14. The quantitative estimate of drug-likeness (QED) is 0.803. The van der Waals surface area contributed by atoms with Crippen LogP contribution in [-0.2, 0) is 20.7 Å². The van der Waals surface area contributed by atoms with Crippen molar-refractivity contribution in [3.63, 3.8) is 0 Å². The first-order valence-electron chi connectivity index (χ1n) is 9.65. The van der Waals surface area contributed by atoms with E-state index < -0.39 is 12.1 Å². The summed E-state index contributed by atoms with van der Waals surface area (Å²) in [6.07, 6.45) is -0.411. The average Bonchev–Trinajstić information content (AvgIpc) is 2.74. The maximum Gasteiger partial charge on any atom is 0.339 e. The molecule has 2 aliphatic rings. The summed E-state index contributed by atoms with van der Waals surface area (Å²) in [6.45, 7) is 3.77. The zero-order chi connectivity index (χ0) is 19.3. The number of ether oxygens (including phenoxy) is 2. The lowest BCUT2D eigenvalue weighted by atomic mass is 9.97. The van der Waals surface area contributed by atoms with E-state index in [1.54, 1.807) is 12.1 Å². The number of nitrogens with one attached hydrogen (secondary N) is 1. The SMILES string of the molecule is O=C1OC(C(=O)NC(CN2CCOCC2)c2ccccc2)Cc2ccccc21. The molecule has 4 rings (SSSR count). The highest BCUT2D eigenvalue weighted by molar-refractivity contribution is 5.95. The molecule has 2 aromatic carbocycles. The van der Waals surface area contributed by atoms with E-state index in [0.717, 1.165) is 24.2 Å². The molecular formula is C22H24N2O4. The van der Waals surface area contributed by atoms with E-state index in [0.29, 0.717) is 31.7 Å². The minimum atomic E-state index is -0.807. The van der Waals surface area contributed by atoms with Crippen molar-refractivity contribution in [2.24, 2.45) is 0 Å². The van der Waals surface area contributed by atoms with Crippen LogP contribution in [-0.4, -0.2) is 55.7 Å². The van der Waals surface area contributed by atoms with Crippen molar-refractivity contribution in [3.8, 4) is 0 Å². The lowest BCUT2D eigenvalue weighted by molar-refractivity contribution is -0.131. The van der Waals surface area contributed by atoms with Crippen molar-refractivity contribution in [2.75, 3.05) is 32.8 Å². The van der Waals surface area contributed by atoms with Crippen LogP contribution in [0.2, 0.25) is 0 Å². The van der Waals surface area contributed by atoms with Crippen molar-refractivity contribution in [1.29, 1.82) is 0 Å². The standard InChI is InChI=1S/C22H24N2O4/c25-21(20-14-17-8-4-5-9-18(17)22(26)28-20)23-19(16-6-2-1-3-7-16)15-24-10-12-27-13-11-24/h1-9,19-20H,10-15H2,(H,23,25). The third kappa shape index (κ3) is 4.24. The number of esters is 1. The van der Waals surface area contributed by atoms with Gasteiger partial charge in [0.25, 0.3) is 5.91 Å². The number of nitrogens with zero attached hydrogens (tertiary/aromatic N) is 1. The molecule has 2 unspecified atom stereocenters. The molecule has 0 radical (unpaired) electrons. The van der Waals surface area contributed by atoms with Gasteiger partial charge in [-0.15, -0.1) is 0 Å². The number of amides is 1. The molecule has 2 atom stereocenters. The van der Waals surface area contributed by atoms with Crippen LogP contribution in [0.25, 0.3) is 0 Å². The van der Waals surface area contributed by atoms with Gasteiger partial charge in [-0.1, -0.05) is 48.5 Å². The first-order valence-corrected chi connectivity index (χ1v) is 9.65. The molecule has 146 valence electrons. The third-order valence-corrected chi connectivity index (χ3v) is 5.25. The van der Waals surface area contributed by atoms with Crippen LogP contribution in [0.1, 0.15) is 27.5 Å². The molecule has 1 fully saturated rings. The van der Waals surface area contributed by atoms with Crippen molar-refractivity contribution in [3.05, 3.63) is 71.3 Å². The Morgan fingerprint density at radius 1 is 1.07 bits per heavy atom. The molecule has 0 saturated carbocycles. The van der Waals surface area contributed by atoms with Gasteiger partial charge in [-0.3, -0.25) is 9.69 Å². The first-order chi connectivity index (χ1) is 13.7. The van der Waals surface area contributed by atoms with Crippen LogP contribution in [0.15, 0.2) is 54.6 Å². The number of carbonyl (C=O) groups excluding carboxylic acids is 2. The van der Waals surface area contributed by atoms with Crippen LogP contribution in [0.3, 0.4) is 0 Å². The van der Waals surface area contributed by atoms with Crippen molar-refractivity contribution in [1.82, 2.24) is 10.2 Å². The zero-order valence-corrected chi connectivity index (χ0v) is 15.7. The summed E-state index contributed by atoms with van der Waals surface area (Å²) in [7, 11) is 0. The van der Waals surface area contributed by atoms with Crippen molar-refractivity contribution in [2.45, 2.75) is 18.6 Å². The predicted molar refractivity (Wildman–Crippen MR) is 104 cm³/mol. The Labute approximate surface area is 164 Å². The maximum atomic E-state index is 12.9. The molecule has 0 aliphatic carbocycles.